The molecule has 33 heavy (non-hydrogen) atoms. The van der Waals surface area contributed by atoms with Gasteiger partial charge < -0.3 is 14.0 Å². The Kier molecular flexibility index (Phi) is 7.16. The van der Waals surface area contributed by atoms with Crippen molar-refractivity contribution < 1.29 is 23.6 Å². The van der Waals surface area contributed by atoms with Crippen molar-refractivity contribution in [3.8, 4) is 11.5 Å². The minimum absolute atomic E-state index is 0.0125. The van der Waals surface area contributed by atoms with E-state index in [4.69, 9.17) is 21.1 Å². The van der Waals surface area contributed by atoms with Gasteiger partial charge in [-0.05, 0) is 62.1 Å². The summed E-state index contributed by atoms with van der Waals surface area (Å²) >= 11 is 6.28. The molecule has 0 fully saturated rings. The predicted molar refractivity (Wildman–Crippen MR) is 132 cm³/mol. The first-order valence-electron chi connectivity index (χ1n) is 10.3. The van der Waals surface area contributed by atoms with Crippen LogP contribution in [0.25, 0.3) is 0 Å². The van der Waals surface area contributed by atoms with Gasteiger partial charge in [0.2, 0.25) is 18.2 Å². The van der Waals surface area contributed by atoms with Crippen LogP contribution in [0.1, 0.15) is 43.0 Å². The van der Waals surface area contributed by atoms with Crippen LogP contribution in [0.15, 0.2) is 48.5 Å². The molecule has 0 heterocycles. The molecule has 0 aromatic heterocycles. The number of carbonyl (C=O) groups is 2. The van der Waals surface area contributed by atoms with Crippen molar-refractivity contribution in [1.29, 1.82) is 0 Å². The zero-order valence-electron chi connectivity index (χ0n) is 19.5. The maximum Gasteiger partial charge on any atom is 0.249 e. The SMILES string of the molecule is COc1ccc(Cl)c(OC)c1C(=O)P(=O)(C(=O)c1c(C)cc(C)c(C)c1C)c1ccccc1. The molecule has 3 aromatic carbocycles. The van der Waals surface area contributed by atoms with Crippen LogP contribution in [0.2, 0.25) is 5.02 Å². The van der Waals surface area contributed by atoms with Gasteiger partial charge in [0.25, 0.3) is 0 Å². The topological polar surface area (TPSA) is 69.7 Å². The molecule has 0 saturated heterocycles. The number of hydrogen-bond donors (Lipinski definition) is 0. The van der Waals surface area contributed by atoms with Crippen LogP contribution in [0.5, 0.6) is 11.5 Å². The van der Waals surface area contributed by atoms with Crippen LogP contribution in [0.4, 0.5) is 0 Å². The largest absolute Gasteiger partial charge is 0.496 e. The Bertz CT molecular complexity index is 1300. The fraction of sp³-hybridized carbons (Fsp3) is 0.231. The number of hydrogen-bond acceptors (Lipinski definition) is 5. The van der Waals surface area contributed by atoms with E-state index in [1.165, 1.54) is 38.5 Å². The number of halogens is 1. The summed E-state index contributed by atoms with van der Waals surface area (Å²) in [6.07, 6.45) is 0. The van der Waals surface area contributed by atoms with E-state index in [-0.39, 0.29) is 27.4 Å². The smallest absolute Gasteiger partial charge is 0.249 e. The Balaban J connectivity index is 2.38. The monoisotopic (exact) mass is 484 g/mol. The van der Waals surface area contributed by atoms with E-state index in [1.54, 1.807) is 25.1 Å². The third kappa shape index (κ3) is 4.12. The lowest BCUT2D eigenvalue weighted by Gasteiger charge is -2.22. The molecule has 5 nitrogen and oxygen atoms in total. The second kappa shape index (κ2) is 9.54. The molecule has 0 bridgehead atoms. The van der Waals surface area contributed by atoms with E-state index in [0.717, 1.165) is 11.1 Å². The van der Waals surface area contributed by atoms with Gasteiger partial charge in [-0.1, -0.05) is 48.0 Å². The second-order valence-corrected chi connectivity index (χ2v) is 10.8. The molecular weight excluding hydrogens is 459 g/mol. The number of benzene rings is 3. The molecule has 1 unspecified atom stereocenters. The molecule has 0 N–H and O–H groups in total. The molecule has 1 atom stereocenters. The average Bonchev–Trinajstić information content (AvgIpc) is 2.81. The Morgan fingerprint density at radius 1 is 0.788 bits per heavy atom. The predicted octanol–water partition coefficient (Wildman–Crippen LogP) is 6.26. The van der Waals surface area contributed by atoms with Crippen LogP contribution in [0.3, 0.4) is 0 Å². The lowest BCUT2D eigenvalue weighted by atomic mass is 9.95. The molecule has 0 aliphatic rings. The summed E-state index contributed by atoms with van der Waals surface area (Å²) < 4.78 is 25.5. The van der Waals surface area contributed by atoms with Crippen LogP contribution in [-0.4, -0.2) is 25.3 Å². The van der Waals surface area contributed by atoms with Crippen molar-refractivity contribution >= 4 is 35.1 Å². The summed E-state index contributed by atoms with van der Waals surface area (Å²) in [5, 5.41) is 0.286. The van der Waals surface area contributed by atoms with Gasteiger partial charge in [0.1, 0.15) is 11.3 Å². The number of rotatable bonds is 7. The first-order valence-corrected chi connectivity index (χ1v) is 12.4. The summed E-state index contributed by atoms with van der Waals surface area (Å²) in [5.41, 5.74) is 1.86. The summed E-state index contributed by atoms with van der Waals surface area (Å²) in [6.45, 7) is 7.45. The molecule has 3 aromatic rings. The number of carbonyl (C=O) groups excluding carboxylic acids is 2. The standard InChI is InChI=1S/C26H26ClO5P/c1-15-14-16(2)22(18(4)17(15)3)25(28)33(30,19-10-8-7-9-11-19)26(29)23-21(31-5)13-12-20(27)24(23)32-6/h7-14H,1-6H3. The molecular formula is C26H26ClO5P. The highest BCUT2D eigenvalue weighted by Crippen LogP contribution is 2.55. The van der Waals surface area contributed by atoms with Crippen LogP contribution < -0.4 is 14.8 Å². The van der Waals surface area contributed by atoms with Gasteiger partial charge in [0.15, 0.2) is 5.75 Å². The quantitative estimate of drug-likeness (QED) is 0.370. The molecule has 0 radical (unpaired) electrons. The normalized spacial score (nSPS) is 12.7. The van der Waals surface area contributed by atoms with E-state index in [2.05, 4.69) is 0 Å². The van der Waals surface area contributed by atoms with Crippen LogP contribution in [-0.2, 0) is 4.57 Å². The van der Waals surface area contributed by atoms with Gasteiger partial charge in [-0.3, -0.25) is 9.59 Å². The maximum absolute atomic E-state index is 14.7. The molecule has 7 heteroatoms. The van der Waals surface area contributed by atoms with Crippen LogP contribution >= 0.6 is 18.7 Å². The molecule has 0 spiro atoms. The maximum atomic E-state index is 14.7. The van der Waals surface area contributed by atoms with Crippen molar-refractivity contribution in [1.82, 2.24) is 0 Å². The summed E-state index contributed by atoms with van der Waals surface area (Å²) in [4.78, 5) is 28.1. The first-order chi connectivity index (χ1) is 15.6. The molecule has 0 aliphatic heterocycles. The van der Waals surface area contributed by atoms with Gasteiger partial charge in [0, 0.05) is 10.9 Å². The molecule has 0 aliphatic carbocycles. The molecule has 3 rings (SSSR count). The minimum Gasteiger partial charge on any atom is -0.496 e. The van der Waals surface area contributed by atoms with Crippen LogP contribution in [0, 0.1) is 27.7 Å². The number of aryl methyl sites for hydroxylation is 2. The Labute approximate surface area is 199 Å². The summed E-state index contributed by atoms with van der Waals surface area (Å²) in [6, 6.07) is 13.0. The average molecular weight is 485 g/mol. The van der Waals surface area contributed by atoms with Gasteiger partial charge in [-0.25, -0.2) is 0 Å². The fourth-order valence-corrected chi connectivity index (χ4v) is 6.67. The van der Waals surface area contributed by atoms with Gasteiger partial charge in [0.05, 0.1) is 19.2 Å². The van der Waals surface area contributed by atoms with Crippen molar-refractivity contribution in [2.45, 2.75) is 27.7 Å². The third-order valence-corrected chi connectivity index (χ3v) is 8.89. The molecule has 172 valence electrons. The fourth-order valence-electron chi connectivity index (χ4n) is 4.00. The van der Waals surface area contributed by atoms with Crippen molar-refractivity contribution in [3.05, 3.63) is 86.9 Å². The van der Waals surface area contributed by atoms with E-state index in [0.29, 0.717) is 16.7 Å². The lowest BCUT2D eigenvalue weighted by molar-refractivity contribution is 0.103. The Morgan fingerprint density at radius 3 is 1.97 bits per heavy atom. The summed E-state index contributed by atoms with van der Waals surface area (Å²) in [5.74, 6) is 0.136. The third-order valence-electron chi connectivity index (χ3n) is 5.97. The van der Waals surface area contributed by atoms with Crippen molar-refractivity contribution in [2.75, 3.05) is 14.2 Å². The van der Waals surface area contributed by atoms with Gasteiger partial charge in [-0.15, -0.1) is 0 Å². The highest BCUT2D eigenvalue weighted by Gasteiger charge is 2.46. The van der Waals surface area contributed by atoms with E-state index >= 15 is 0 Å². The zero-order chi connectivity index (χ0) is 24.5. The van der Waals surface area contributed by atoms with E-state index in [1.807, 2.05) is 26.8 Å². The Hall–Kier alpha value is -2.88. The number of ether oxygens (including phenoxy) is 2. The highest BCUT2D eigenvalue weighted by atomic mass is 35.5. The second-order valence-electron chi connectivity index (χ2n) is 7.85. The Morgan fingerprint density at radius 2 is 1.39 bits per heavy atom. The summed E-state index contributed by atoms with van der Waals surface area (Å²) in [7, 11) is -1.65. The van der Waals surface area contributed by atoms with E-state index in [9.17, 15) is 14.2 Å². The number of methoxy groups -OCH3 is 2. The van der Waals surface area contributed by atoms with E-state index < -0.39 is 18.2 Å². The lowest BCUT2D eigenvalue weighted by Crippen LogP contribution is -2.23. The zero-order valence-corrected chi connectivity index (χ0v) is 21.1. The van der Waals surface area contributed by atoms with Gasteiger partial charge >= 0.3 is 0 Å². The molecule has 0 amide bonds. The highest BCUT2D eigenvalue weighted by molar-refractivity contribution is 8.01. The minimum atomic E-state index is -4.38. The van der Waals surface area contributed by atoms with Gasteiger partial charge in [-0.2, -0.15) is 0 Å². The molecule has 0 saturated carbocycles. The van der Waals surface area contributed by atoms with Crippen molar-refractivity contribution in [3.63, 3.8) is 0 Å². The van der Waals surface area contributed by atoms with Crippen molar-refractivity contribution in [2.24, 2.45) is 0 Å². The first kappa shape index (κ1) is 24.8.